The molecule has 1 saturated heterocycles. The van der Waals surface area contributed by atoms with E-state index in [9.17, 15) is 29.3 Å². The van der Waals surface area contributed by atoms with Crippen LogP contribution in [0.3, 0.4) is 0 Å². The number of carboxylic acids is 2. The SMILES string of the molecule is CC(N)C(=O)O.O=C(O)c1ccc[n+]([C@@H]2O[C@H](COP(=O)([O-])O)[C@@H](O)[C@H]2O)c1. The van der Waals surface area contributed by atoms with E-state index in [0.29, 0.717) is 0 Å². The summed E-state index contributed by atoms with van der Waals surface area (Å²) in [5.41, 5.74) is 4.77. The van der Waals surface area contributed by atoms with E-state index in [1.807, 2.05) is 0 Å². The van der Waals surface area contributed by atoms with Gasteiger partial charge in [-0.1, -0.05) is 0 Å². The summed E-state index contributed by atoms with van der Waals surface area (Å²) in [5, 5.41) is 36.5. The molecule has 1 aromatic heterocycles. The number of hydrogen-bond donors (Lipinski definition) is 6. The average molecular weight is 424 g/mol. The van der Waals surface area contributed by atoms with Gasteiger partial charge in [-0.3, -0.25) is 9.36 Å². The molecule has 0 bridgehead atoms. The topological polar surface area (TPSA) is 224 Å². The largest absolute Gasteiger partial charge is 0.756 e. The average Bonchev–Trinajstić information content (AvgIpc) is 2.88. The first-order valence-electron chi connectivity index (χ1n) is 7.76. The Hall–Kier alpha value is -1.96. The summed E-state index contributed by atoms with van der Waals surface area (Å²) in [7, 11) is -4.98. The number of carbonyl (C=O) groups is 2. The molecule has 0 radical (unpaired) electrons. The lowest BCUT2D eigenvalue weighted by molar-refractivity contribution is -0.765. The number of hydrogen-bond acceptors (Lipinski definition) is 9. The van der Waals surface area contributed by atoms with Crippen LogP contribution in [0.1, 0.15) is 23.5 Å². The van der Waals surface area contributed by atoms with Gasteiger partial charge in [0.25, 0.3) is 14.1 Å². The van der Waals surface area contributed by atoms with E-state index in [1.54, 1.807) is 0 Å². The highest BCUT2D eigenvalue weighted by Gasteiger charge is 2.48. The highest BCUT2D eigenvalue weighted by molar-refractivity contribution is 7.44. The van der Waals surface area contributed by atoms with Crippen molar-refractivity contribution in [1.29, 1.82) is 0 Å². The van der Waals surface area contributed by atoms with E-state index in [0.717, 1.165) is 0 Å². The van der Waals surface area contributed by atoms with Gasteiger partial charge in [-0.25, -0.2) is 4.79 Å². The number of aliphatic hydroxyl groups is 2. The van der Waals surface area contributed by atoms with Crippen LogP contribution in [0, 0.1) is 0 Å². The minimum absolute atomic E-state index is 0.0630. The number of rotatable bonds is 6. The summed E-state index contributed by atoms with van der Waals surface area (Å²) < 4.78 is 21.2. The highest BCUT2D eigenvalue weighted by Crippen LogP contribution is 2.33. The van der Waals surface area contributed by atoms with Crippen molar-refractivity contribution in [2.45, 2.75) is 37.5 Å². The Morgan fingerprint density at radius 1 is 1.39 bits per heavy atom. The third-order valence-corrected chi connectivity index (χ3v) is 3.97. The second-order valence-corrected chi connectivity index (χ2v) is 6.98. The first-order valence-corrected chi connectivity index (χ1v) is 9.25. The zero-order chi connectivity index (χ0) is 21.6. The summed E-state index contributed by atoms with van der Waals surface area (Å²) >= 11 is 0. The minimum Gasteiger partial charge on any atom is -0.756 e. The van der Waals surface area contributed by atoms with E-state index in [4.69, 9.17) is 25.6 Å². The molecule has 0 spiro atoms. The zero-order valence-corrected chi connectivity index (χ0v) is 15.5. The van der Waals surface area contributed by atoms with Gasteiger partial charge in [0.05, 0.1) is 6.61 Å². The smallest absolute Gasteiger partial charge is 0.341 e. The number of pyridine rings is 1. The van der Waals surface area contributed by atoms with E-state index in [2.05, 4.69) is 4.52 Å². The van der Waals surface area contributed by atoms with E-state index in [-0.39, 0.29) is 5.56 Å². The van der Waals surface area contributed by atoms with Crippen molar-refractivity contribution >= 4 is 19.8 Å². The normalized spacial score (nSPS) is 27.2. The molecule has 2 rings (SSSR count). The van der Waals surface area contributed by atoms with Crippen LogP contribution >= 0.6 is 7.82 Å². The van der Waals surface area contributed by atoms with Gasteiger partial charge >= 0.3 is 11.9 Å². The molecule has 0 amide bonds. The number of aromatic nitrogens is 1. The van der Waals surface area contributed by atoms with Gasteiger partial charge in [0.1, 0.15) is 23.8 Å². The lowest BCUT2D eigenvalue weighted by atomic mass is 10.1. The maximum atomic E-state index is 10.9. The first kappa shape index (κ1) is 24.1. The molecular formula is C14H21N2O11P. The number of phosphoric ester groups is 1. The number of aliphatic carboxylic acids is 1. The number of aromatic carboxylic acids is 1. The van der Waals surface area contributed by atoms with Crippen LogP contribution in [0.15, 0.2) is 24.5 Å². The van der Waals surface area contributed by atoms with Crippen molar-refractivity contribution in [2.24, 2.45) is 5.73 Å². The van der Waals surface area contributed by atoms with Crippen molar-refractivity contribution in [3.8, 4) is 0 Å². The number of carboxylic acid groups (broad SMARTS) is 2. The standard InChI is InChI=1S/C11H14NO9P.C3H7NO2/c13-8-7(5-20-22(17,18)19)21-10(9(8)14)12-3-1-2-6(4-12)11(15)16;1-2(4)3(5)6/h1-4,7-10,13-14H,5H2,(H2-,15,16,17,18,19);2H,4H2,1H3,(H,5,6)/t7-,8-,9-,10-;/m1./s1. The summed E-state index contributed by atoms with van der Waals surface area (Å²) in [5.74, 6) is -2.15. The minimum atomic E-state index is -4.98. The number of phosphoric acid groups is 1. The maximum Gasteiger partial charge on any atom is 0.341 e. The van der Waals surface area contributed by atoms with E-state index in [1.165, 1.54) is 36.0 Å². The molecule has 13 nitrogen and oxygen atoms in total. The van der Waals surface area contributed by atoms with Crippen LogP contribution in [0.2, 0.25) is 0 Å². The van der Waals surface area contributed by atoms with Gasteiger partial charge in [0.2, 0.25) is 0 Å². The Balaban J connectivity index is 0.000000568. The molecule has 2 heterocycles. The van der Waals surface area contributed by atoms with Crippen molar-refractivity contribution in [3.05, 3.63) is 30.1 Å². The molecule has 14 heteroatoms. The quantitative estimate of drug-likeness (QED) is 0.201. The number of ether oxygens (including phenoxy) is 1. The maximum absolute atomic E-state index is 10.9. The molecule has 0 saturated carbocycles. The molecule has 6 atom stereocenters. The summed E-state index contributed by atoms with van der Waals surface area (Å²) in [6.45, 7) is 0.730. The monoisotopic (exact) mass is 424 g/mol. The molecule has 1 aromatic rings. The van der Waals surface area contributed by atoms with Crippen LogP contribution < -0.4 is 15.2 Å². The van der Waals surface area contributed by atoms with Crippen LogP contribution in [0.4, 0.5) is 0 Å². The van der Waals surface area contributed by atoms with Gasteiger partial charge in [-0.05, 0) is 13.0 Å². The summed E-state index contributed by atoms with van der Waals surface area (Å²) in [6.07, 6.45) is -2.65. The highest BCUT2D eigenvalue weighted by atomic mass is 31.2. The summed E-state index contributed by atoms with van der Waals surface area (Å²) in [6, 6.07) is 2.01. The zero-order valence-electron chi connectivity index (χ0n) is 14.6. The number of nitrogens with zero attached hydrogens (tertiary/aromatic N) is 1. The van der Waals surface area contributed by atoms with Crippen LogP contribution in [-0.4, -0.2) is 68.2 Å². The van der Waals surface area contributed by atoms with E-state index >= 15 is 0 Å². The van der Waals surface area contributed by atoms with Crippen molar-refractivity contribution in [2.75, 3.05) is 6.61 Å². The lowest BCUT2D eigenvalue weighted by Crippen LogP contribution is -2.46. The lowest BCUT2D eigenvalue weighted by Gasteiger charge is -2.19. The van der Waals surface area contributed by atoms with Gasteiger partial charge in [-0.2, -0.15) is 4.57 Å². The van der Waals surface area contributed by atoms with Gasteiger partial charge in [-0.15, -0.1) is 0 Å². The van der Waals surface area contributed by atoms with Crippen molar-refractivity contribution < 1.29 is 58.2 Å². The van der Waals surface area contributed by atoms with Crippen molar-refractivity contribution in [3.63, 3.8) is 0 Å². The Kier molecular flexibility index (Phi) is 8.60. The fraction of sp³-hybridized carbons (Fsp3) is 0.500. The number of aliphatic hydroxyl groups excluding tert-OH is 2. The Morgan fingerprint density at radius 3 is 2.43 bits per heavy atom. The Morgan fingerprint density at radius 2 is 1.96 bits per heavy atom. The predicted molar refractivity (Wildman–Crippen MR) is 86.6 cm³/mol. The molecule has 28 heavy (non-hydrogen) atoms. The first-order chi connectivity index (χ1) is 12.8. The van der Waals surface area contributed by atoms with Gasteiger partial charge in [0.15, 0.2) is 18.5 Å². The van der Waals surface area contributed by atoms with Gasteiger partial charge < -0.3 is 45.2 Å². The molecule has 2 unspecified atom stereocenters. The molecule has 1 fully saturated rings. The third kappa shape index (κ3) is 7.22. The summed E-state index contributed by atoms with van der Waals surface area (Å²) in [4.78, 5) is 39.5. The van der Waals surface area contributed by atoms with Gasteiger partial charge in [0, 0.05) is 6.07 Å². The molecular weight excluding hydrogens is 403 g/mol. The second kappa shape index (κ2) is 10.0. The third-order valence-electron chi connectivity index (χ3n) is 3.49. The fourth-order valence-corrected chi connectivity index (χ4v) is 2.39. The molecule has 7 N–H and O–H groups in total. The van der Waals surface area contributed by atoms with Crippen LogP contribution in [0.5, 0.6) is 0 Å². The van der Waals surface area contributed by atoms with Crippen LogP contribution in [-0.2, 0) is 18.6 Å². The molecule has 0 aliphatic carbocycles. The molecule has 158 valence electrons. The second-order valence-electron chi connectivity index (χ2n) is 5.78. The Bertz CT molecular complexity index is 738. The van der Waals surface area contributed by atoms with E-state index < -0.39 is 56.9 Å². The number of nitrogens with two attached hydrogens (primary N) is 1. The molecule has 0 aromatic carbocycles. The predicted octanol–water partition coefficient (Wildman–Crippen LogP) is -2.81. The molecule has 1 aliphatic rings. The van der Waals surface area contributed by atoms with Crippen LogP contribution in [0.25, 0.3) is 0 Å². The Labute approximate surface area is 158 Å². The fourth-order valence-electron chi connectivity index (χ4n) is 2.06. The molecule has 1 aliphatic heterocycles. The van der Waals surface area contributed by atoms with Crippen molar-refractivity contribution in [1.82, 2.24) is 0 Å².